The lowest BCUT2D eigenvalue weighted by molar-refractivity contribution is 0.306. The van der Waals surface area contributed by atoms with Crippen LogP contribution < -0.4 is 14.8 Å². The van der Waals surface area contributed by atoms with E-state index in [-0.39, 0.29) is 5.56 Å². The van der Waals surface area contributed by atoms with Crippen molar-refractivity contribution in [2.45, 2.75) is 26.2 Å². The molecule has 160 valence electrons. The number of fused-ring (bicyclic) bond motifs is 2. The normalized spacial score (nSPS) is 12.1. The lowest BCUT2D eigenvalue weighted by Crippen LogP contribution is -2.23. The van der Waals surface area contributed by atoms with Gasteiger partial charge in [0, 0.05) is 5.56 Å². The molecule has 0 unspecified atom stereocenters. The van der Waals surface area contributed by atoms with Crippen molar-refractivity contribution in [3.8, 4) is 17.1 Å². The molecule has 6 heteroatoms. The van der Waals surface area contributed by atoms with Gasteiger partial charge in [-0.05, 0) is 53.1 Å². The van der Waals surface area contributed by atoms with E-state index in [1.54, 1.807) is 0 Å². The third-order valence-electron chi connectivity index (χ3n) is 5.42. The van der Waals surface area contributed by atoms with Crippen molar-refractivity contribution in [1.82, 2.24) is 14.6 Å². The maximum atomic E-state index is 13.0. The highest BCUT2D eigenvalue weighted by Crippen LogP contribution is 2.21. The van der Waals surface area contributed by atoms with Crippen LogP contribution in [0.25, 0.3) is 33.2 Å². The maximum Gasteiger partial charge on any atom is 0.291 e. The number of hydrogen-bond acceptors (Lipinski definition) is 5. The Morgan fingerprint density at radius 3 is 2.62 bits per heavy atom. The Kier molecular flexibility index (Phi) is 5.69. The number of aromatic nitrogens is 3. The van der Waals surface area contributed by atoms with Crippen molar-refractivity contribution in [2.24, 2.45) is 0 Å². The Bertz CT molecular complexity index is 1480. The monoisotopic (exact) mass is 441 g/mol. The summed E-state index contributed by atoms with van der Waals surface area (Å²) in [5.41, 5.74) is 1.73. The molecule has 3 aromatic carbocycles. The Balaban J connectivity index is 1.43. The van der Waals surface area contributed by atoms with E-state index in [0.717, 1.165) is 40.7 Å². The van der Waals surface area contributed by atoms with Gasteiger partial charge in [0.25, 0.3) is 5.56 Å². The summed E-state index contributed by atoms with van der Waals surface area (Å²) in [7, 11) is 0. The molecule has 0 aliphatic rings. The van der Waals surface area contributed by atoms with Gasteiger partial charge in [-0.1, -0.05) is 73.6 Å². The summed E-state index contributed by atoms with van der Waals surface area (Å²) >= 11 is 1.36. The van der Waals surface area contributed by atoms with Crippen molar-refractivity contribution in [3.05, 3.63) is 87.2 Å². The first-order valence-electron chi connectivity index (χ1n) is 10.9. The van der Waals surface area contributed by atoms with Gasteiger partial charge in [-0.15, -0.1) is 5.10 Å². The minimum atomic E-state index is -0.146. The van der Waals surface area contributed by atoms with Crippen LogP contribution in [-0.4, -0.2) is 21.2 Å². The molecule has 5 nitrogen and oxygen atoms in total. The first kappa shape index (κ1) is 20.4. The summed E-state index contributed by atoms with van der Waals surface area (Å²) in [5.74, 6) is 1.38. The van der Waals surface area contributed by atoms with E-state index in [1.165, 1.54) is 28.7 Å². The smallest absolute Gasteiger partial charge is 0.291 e. The number of thiazole rings is 1. The summed E-state index contributed by atoms with van der Waals surface area (Å²) in [6.07, 6.45) is 5.33. The number of benzene rings is 3. The van der Waals surface area contributed by atoms with Gasteiger partial charge in [0.05, 0.1) is 11.1 Å². The van der Waals surface area contributed by atoms with Crippen LogP contribution in [-0.2, 0) is 0 Å². The molecule has 0 spiro atoms. The van der Waals surface area contributed by atoms with E-state index in [4.69, 9.17) is 4.74 Å². The van der Waals surface area contributed by atoms with Crippen LogP contribution in [0.2, 0.25) is 0 Å². The second-order valence-corrected chi connectivity index (χ2v) is 8.70. The molecule has 32 heavy (non-hydrogen) atoms. The van der Waals surface area contributed by atoms with Gasteiger partial charge in [0.2, 0.25) is 4.96 Å². The van der Waals surface area contributed by atoms with Crippen LogP contribution in [0.5, 0.6) is 5.75 Å². The van der Waals surface area contributed by atoms with Crippen LogP contribution in [0.4, 0.5) is 0 Å². The molecule has 2 aromatic heterocycles. The predicted octanol–water partition coefficient (Wildman–Crippen LogP) is 5.09. The molecule has 0 aliphatic carbocycles. The zero-order valence-electron chi connectivity index (χ0n) is 17.8. The van der Waals surface area contributed by atoms with E-state index in [9.17, 15) is 4.79 Å². The zero-order chi connectivity index (χ0) is 21.9. The molecule has 0 saturated carbocycles. The standard InChI is InChI=1S/C26H23N3O2S/c1-2-3-6-16-31-21-14-12-19(13-15-21)24-27-26-29(28-24)25(30)23(32-26)17-20-10-7-9-18-8-4-5-11-22(18)20/h4-5,7-15,17H,2-3,6,16H2,1H3/b23-17+. The van der Waals surface area contributed by atoms with Gasteiger partial charge >= 0.3 is 0 Å². The van der Waals surface area contributed by atoms with Gasteiger partial charge < -0.3 is 4.74 Å². The SMILES string of the molecule is CCCCCOc1ccc(-c2nc3s/c(=C/c4cccc5ccccc45)c(=O)n3n2)cc1. The molecule has 0 atom stereocenters. The highest BCUT2D eigenvalue weighted by molar-refractivity contribution is 7.15. The van der Waals surface area contributed by atoms with Crippen molar-refractivity contribution >= 4 is 33.1 Å². The van der Waals surface area contributed by atoms with E-state index in [0.29, 0.717) is 15.3 Å². The molecular formula is C26H23N3O2S. The first-order valence-corrected chi connectivity index (χ1v) is 11.7. The minimum absolute atomic E-state index is 0.146. The summed E-state index contributed by atoms with van der Waals surface area (Å²) < 4.78 is 7.79. The molecule has 0 bridgehead atoms. The Labute approximate surface area is 189 Å². The lowest BCUT2D eigenvalue weighted by Gasteiger charge is -2.05. The second-order valence-electron chi connectivity index (χ2n) is 7.69. The van der Waals surface area contributed by atoms with Crippen LogP contribution >= 0.6 is 11.3 Å². The van der Waals surface area contributed by atoms with E-state index in [1.807, 2.05) is 54.6 Å². The van der Waals surface area contributed by atoms with E-state index in [2.05, 4.69) is 35.2 Å². The molecule has 5 rings (SSSR count). The van der Waals surface area contributed by atoms with Gasteiger partial charge in [-0.25, -0.2) is 0 Å². The number of ether oxygens (including phenoxy) is 1. The lowest BCUT2D eigenvalue weighted by atomic mass is 10.0. The average Bonchev–Trinajstić information content (AvgIpc) is 3.37. The fourth-order valence-electron chi connectivity index (χ4n) is 3.72. The highest BCUT2D eigenvalue weighted by atomic mass is 32.1. The van der Waals surface area contributed by atoms with Crippen molar-refractivity contribution < 1.29 is 4.74 Å². The van der Waals surface area contributed by atoms with Gasteiger partial charge in [0.15, 0.2) is 5.82 Å². The predicted molar refractivity (Wildman–Crippen MR) is 130 cm³/mol. The third kappa shape index (κ3) is 4.01. The summed E-state index contributed by atoms with van der Waals surface area (Å²) in [6.45, 7) is 2.90. The quantitative estimate of drug-likeness (QED) is 0.330. The molecular weight excluding hydrogens is 418 g/mol. The highest BCUT2D eigenvalue weighted by Gasteiger charge is 2.12. The van der Waals surface area contributed by atoms with Crippen molar-refractivity contribution in [3.63, 3.8) is 0 Å². The molecule has 0 amide bonds. The molecule has 2 heterocycles. The van der Waals surface area contributed by atoms with Crippen molar-refractivity contribution in [2.75, 3.05) is 6.61 Å². The van der Waals surface area contributed by atoms with Gasteiger partial charge in [0.1, 0.15) is 5.75 Å². The third-order valence-corrected chi connectivity index (χ3v) is 6.38. The Hall–Kier alpha value is -3.51. The number of nitrogens with zero attached hydrogens (tertiary/aromatic N) is 3. The van der Waals surface area contributed by atoms with Crippen LogP contribution in [0.1, 0.15) is 31.7 Å². The number of unbranched alkanes of at least 4 members (excludes halogenated alkanes) is 2. The van der Waals surface area contributed by atoms with Crippen LogP contribution in [0, 0.1) is 0 Å². The molecule has 0 N–H and O–H groups in total. The summed E-state index contributed by atoms with van der Waals surface area (Å²) in [5, 5.41) is 6.73. The molecule has 0 fully saturated rings. The molecule has 0 saturated heterocycles. The molecule has 0 aliphatic heterocycles. The van der Waals surface area contributed by atoms with Crippen molar-refractivity contribution in [1.29, 1.82) is 0 Å². The molecule has 0 radical (unpaired) electrons. The maximum absolute atomic E-state index is 13.0. The zero-order valence-corrected chi connectivity index (χ0v) is 18.6. The molecule has 5 aromatic rings. The summed E-state index contributed by atoms with van der Waals surface area (Å²) in [6, 6.07) is 22.0. The van der Waals surface area contributed by atoms with E-state index < -0.39 is 0 Å². The first-order chi connectivity index (χ1) is 15.7. The Morgan fingerprint density at radius 2 is 1.81 bits per heavy atom. The number of hydrogen-bond donors (Lipinski definition) is 0. The van der Waals surface area contributed by atoms with Gasteiger partial charge in [-0.2, -0.15) is 9.50 Å². The van der Waals surface area contributed by atoms with Crippen LogP contribution in [0.15, 0.2) is 71.5 Å². The average molecular weight is 442 g/mol. The number of rotatable bonds is 7. The fraction of sp³-hybridized carbons (Fsp3) is 0.192. The topological polar surface area (TPSA) is 56.5 Å². The Morgan fingerprint density at radius 1 is 1.00 bits per heavy atom. The second kappa shape index (κ2) is 8.93. The van der Waals surface area contributed by atoms with Crippen LogP contribution in [0.3, 0.4) is 0 Å². The fourth-order valence-corrected chi connectivity index (χ4v) is 4.61. The largest absolute Gasteiger partial charge is 0.494 e. The van der Waals surface area contributed by atoms with E-state index >= 15 is 0 Å². The summed E-state index contributed by atoms with van der Waals surface area (Å²) in [4.78, 5) is 18.1. The van der Waals surface area contributed by atoms with Gasteiger partial charge in [-0.3, -0.25) is 4.79 Å². The minimum Gasteiger partial charge on any atom is -0.494 e.